The van der Waals surface area contributed by atoms with E-state index in [0.717, 1.165) is 17.8 Å². The Labute approximate surface area is 209 Å². The number of morpholine rings is 1. The van der Waals surface area contributed by atoms with Crippen LogP contribution in [0.4, 0.5) is 20.2 Å². The van der Waals surface area contributed by atoms with E-state index in [1.165, 1.54) is 6.07 Å². The predicted molar refractivity (Wildman–Crippen MR) is 133 cm³/mol. The highest BCUT2D eigenvalue weighted by atomic mass is 19.1. The van der Waals surface area contributed by atoms with Crippen LogP contribution in [-0.2, 0) is 9.53 Å². The minimum Gasteiger partial charge on any atom is -0.492 e. The Bertz CT molecular complexity index is 1050. The fourth-order valence-corrected chi connectivity index (χ4v) is 3.92. The van der Waals surface area contributed by atoms with Crippen molar-refractivity contribution in [3.63, 3.8) is 0 Å². The topological polar surface area (TPSA) is 89.1 Å². The molecule has 2 amide bonds. The van der Waals surface area contributed by atoms with Crippen molar-refractivity contribution in [3.05, 3.63) is 47.5 Å². The van der Waals surface area contributed by atoms with Gasteiger partial charge in [0.2, 0.25) is 5.91 Å². The second kappa shape index (κ2) is 12.5. The first-order chi connectivity index (χ1) is 17.3. The number of halogens is 2. The number of rotatable bonds is 10. The predicted octanol–water partition coefficient (Wildman–Crippen LogP) is 3.99. The number of ether oxygens (including phenoxy) is 3. The van der Waals surface area contributed by atoms with E-state index in [9.17, 15) is 18.4 Å². The van der Waals surface area contributed by atoms with Crippen molar-refractivity contribution in [2.75, 3.05) is 49.7 Å². The summed E-state index contributed by atoms with van der Waals surface area (Å²) in [6, 6.07) is 5.57. The fourth-order valence-electron chi connectivity index (χ4n) is 3.92. The first kappa shape index (κ1) is 27.2. The number of carbonyl (C=O) groups excluding carboxylic acids is 2. The lowest BCUT2D eigenvalue weighted by Gasteiger charge is -2.31. The molecular formula is C26H33F2N3O5. The zero-order chi connectivity index (χ0) is 26.2. The van der Waals surface area contributed by atoms with Crippen LogP contribution in [0.2, 0.25) is 0 Å². The summed E-state index contributed by atoms with van der Waals surface area (Å²) in [5.74, 6) is -2.96. The van der Waals surface area contributed by atoms with Crippen molar-refractivity contribution in [1.29, 1.82) is 0 Å². The van der Waals surface area contributed by atoms with E-state index in [1.807, 2.05) is 19.9 Å². The Balaban J connectivity index is 1.89. The van der Waals surface area contributed by atoms with E-state index in [-0.39, 0.29) is 5.92 Å². The van der Waals surface area contributed by atoms with Gasteiger partial charge in [0, 0.05) is 25.2 Å². The smallest absolute Gasteiger partial charge is 0.257 e. The summed E-state index contributed by atoms with van der Waals surface area (Å²) in [6.07, 6.45) is 0. The van der Waals surface area contributed by atoms with E-state index in [2.05, 4.69) is 15.5 Å². The minimum absolute atomic E-state index is 0.357. The van der Waals surface area contributed by atoms with Gasteiger partial charge in [0.05, 0.1) is 37.8 Å². The van der Waals surface area contributed by atoms with E-state index in [1.54, 1.807) is 19.9 Å². The van der Waals surface area contributed by atoms with Crippen LogP contribution in [0, 0.1) is 17.6 Å². The molecule has 2 aromatic rings. The third-order valence-electron chi connectivity index (χ3n) is 5.70. The number of benzene rings is 2. The normalized spacial score (nSPS) is 14.4. The van der Waals surface area contributed by atoms with E-state index < -0.39 is 35.1 Å². The number of hydrogen-bond acceptors (Lipinski definition) is 6. The molecule has 1 heterocycles. The van der Waals surface area contributed by atoms with Crippen LogP contribution in [0.1, 0.15) is 38.1 Å². The monoisotopic (exact) mass is 505 g/mol. The molecule has 0 radical (unpaired) electrons. The van der Waals surface area contributed by atoms with Crippen molar-refractivity contribution >= 4 is 23.2 Å². The molecular weight excluding hydrogens is 472 g/mol. The lowest BCUT2D eigenvalue weighted by molar-refractivity contribution is -0.118. The molecule has 0 bridgehead atoms. The maximum absolute atomic E-state index is 14.1. The summed E-state index contributed by atoms with van der Waals surface area (Å²) in [4.78, 5) is 28.0. The summed E-state index contributed by atoms with van der Waals surface area (Å²) >= 11 is 0. The van der Waals surface area contributed by atoms with Gasteiger partial charge < -0.3 is 29.7 Å². The maximum Gasteiger partial charge on any atom is 0.257 e. The summed E-state index contributed by atoms with van der Waals surface area (Å²) in [5, 5.41) is 5.27. The van der Waals surface area contributed by atoms with Crippen molar-refractivity contribution < 1.29 is 32.6 Å². The fraction of sp³-hybridized carbons (Fsp3) is 0.462. The number of nitrogens with zero attached hydrogens (tertiary/aromatic N) is 1. The van der Waals surface area contributed by atoms with E-state index in [0.29, 0.717) is 56.7 Å². The molecule has 196 valence electrons. The molecule has 0 aliphatic carbocycles. The Hall–Kier alpha value is -3.40. The quantitative estimate of drug-likeness (QED) is 0.508. The summed E-state index contributed by atoms with van der Waals surface area (Å²) in [5.41, 5.74) is 0.448. The Morgan fingerprint density at radius 3 is 2.22 bits per heavy atom. The maximum atomic E-state index is 14.1. The summed E-state index contributed by atoms with van der Waals surface area (Å²) in [6.45, 7) is 10.5. The number of nitrogens with one attached hydrogen (secondary N) is 2. The Kier molecular flexibility index (Phi) is 9.46. The van der Waals surface area contributed by atoms with Crippen molar-refractivity contribution in [1.82, 2.24) is 5.32 Å². The zero-order valence-corrected chi connectivity index (χ0v) is 21.0. The van der Waals surface area contributed by atoms with Crippen molar-refractivity contribution in [2.45, 2.75) is 33.7 Å². The van der Waals surface area contributed by atoms with Gasteiger partial charge in [-0.15, -0.1) is 0 Å². The molecule has 10 heteroatoms. The van der Waals surface area contributed by atoms with Gasteiger partial charge in [-0.1, -0.05) is 19.9 Å². The van der Waals surface area contributed by atoms with Gasteiger partial charge in [-0.3, -0.25) is 9.59 Å². The highest BCUT2D eigenvalue weighted by Crippen LogP contribution is 2.39. The lowest BCUT2D eigenvalue weighted by atomic mass is 10.0. The van der Waals surface area contributed by atoms with Gasteiger partial charge in [-0.25, -0.2) is 8.78 Å². The third kappa shape index (κ3) is 6.42. The average Bonchev–Trinajstić information content (AvgIpc) is 2.84. The van der Waals surface area contributed by atoms with Crippen LogP contribution in [-0.4, -0.2) is 57.4 Å². The molecule has 2 aromatic carbocycles. The molecule has 1 aliphatic rings. The molecule has 3 rings (SSSR count). The average molecular weight is 506 g/mol. The zero-order valence-electron chi connectivity index (χ0n) is 21.0. The number of hydrogen-bond donors (Lipinski definition) is 2. The second-order valence-electron chi connectivity index (χ2n) is 8.56. The van der Waals surface area contributed by atoms with Crippen LogP contribution in [0.3, 0.4) is 0 Å². The second-order valence-corrected chi connectivity index (χ2v) is 8.56. The standard InChI is InChI=1S/C26H33F2N3O5/c1-5-35-21-15-20(31-10-12-34-13-11-31)22(36-6-2)14-19(21)29-26(33)24(16(3)4)30-25(32)23-17(27)8-7-9-18(23)28/h7-9,14-16,24H,5-6,10-13H2,1-4H3,(H,29,33)(H,30,32)/t24-/m0/s1. The molecule has 1 atom stereocenters. The van der Waals surface area contributed by atoms with Gasteiger partial charge in [-0.05, 0) is 31.9 Å². The lowest BCUT2D eigenvalue weighted by Crippen LogP contribution is -2.47. The minimum atomic E-state index is -1.07. The van der Waals surface area contributed by atoms with Gasteiger partial charge in [0.15, 0.2) is 0 Å². The Morgan fingerprint density at radius 2 is 1.64 bits per heavy atom. The van der Waals surface area contributed by atoms with Crippen LogP contribution in [0.15, 0.2) is 30.3 Å². The molecule has 2 N–H and O–H groups in total. The van der Waals surface area contributed by atoms with E-state index in [4.69, 9.17) is 14.2 Å². The molecule has 36 heavy (non-hydrogen) atoms. The molecule has 0 spiro atoms. The van der Waals surface area contributed by atoms with Crippen molar-refractivity contribution in [3.8, 4) is 11.5 Å². The summed E-state index contributed by atoms with van der Waals surface area (Å²) in [7, 11) is 0. The highest BCUT2D eigenvalue weighted by Gasteiger charge is 2.29. The Morgan fingerprint density at radius 1 is 1.03 bits per heavy atom. The van der Waals surface area contributed by atoms with Gasteiger partial charge >= 0.3 is 0 Å². The largest absolute Gasteiger partial charge is 0.492 e. The molecule has 1 saturated heterocycles. The molecule has 1 aliphatic heterocycles. The van der Waals surface area contributed by atoms with Crippen LogP contribution < -0.4 is 25.0 Å². The number of anilines is 2. The van der Waals surface area contributed by atoms with Crippen LogP contribution >= 0.6 is 0 Å². The molecule has 8 nitrogen and oxygen atoms in total. The van der Waals surface area contributed by atoms with Gasteiger partial charge in [-0.2, -0.15) is 0 Å². The van der Waals surface area contributed by atoms with Crippen molar-refractivity contribution in [2.24, 2.45) is 5.92 Å². The molecule has 1 fully saturated rings. The SMILES string of the molecule is CCOc1cc(N2CCOCC2)c(OCC)cc1NC(=O)[C@@H](NC(=O)c1c(F)cccc1F)C(C)C. The van der Waals surface area contributed by atoms with E-state index >= 15 is 0 Å². The van der Waals surface area contributed by atoms with Gasteiger partial charge in [0.1, 0.15) is 34.7 Å². The molecule has 0 saturated carbocycles. The van der Waals surface area contributed by atoms with Crippen LogP contribution in [0.25, 0.3) is 0 Å². The first-order valence-electron chi connectivity index (χ1n) is 12.1. The first-order valence-corrected chi connectivity index (χ1v) is 12.1. The highest BCUT2D eigenvalue weighted by molar-refractivity contribution is 6.02. The number of amides is 2. The van der Waals surface area contributed by atoms with Gasteiger partial charge in [0.25, 0.3) is 5.91 Å². The van der Waals surface area contributed by atoms with Crippen LogP contribution in [0.5, 0.6) is 11.5 Å². The number of carbonyl (C=O) groups is 2. The molecule has 0 aromatic heterocycles. The third-order valence-corrected chi connectivity index (χ3v) is 5.70. The molecule has 0 unspecified atom stereocenters. The summed E-state index contributed by atoms with van der Waals surface area (Å²) < 4.78 is 45.3.